The predicted molar refractivity (Wildman–Crippen MR) is 63.6 cm³/mol. The third-order valence-corrected chi connectivity index (χ3v) is 1.89. The van der Waals surface area contributed by atoms with Crippen molar-refractivity contribution >= 4 is 0 Å². The first kappa shape index (κ1) is 11.4. The van der Waals surface area contributed by atoms with E-state index in [1.165, 1.54) is 5.56 Å². The monoisotopic (exact) mass is 200 g/mol. The van der Waals surface area contributed by atoms with Crippen molar-refractivity contribution in [3.05, 3.63) is 48.4 Å². The standard InChI is InChI=1S/C11H10N2.C2H6/c1-9-2-3-11(13-8-9)10-4-6-12-7-5-10;1-2/h2-8H,1H3;1-2H3. The molecule has 2 aromatic heterocycles. The molecule has 0 aromatic carbocycles. The van der Waals surface area contributed by atoms with Crippen LogP contribution >= 0.6 is 0 Å². The van der Waals surface area contributed by atoms with Gasteiger partial charge in [-0.2, -0.15) is 0 Å². The lowest BCUT2D eigenvalue weighted by molar-refractivity contribution is 1.25. The molecule has 2 aromatic rings. The minimum atomic E-state index is 0.994. The van der Waals surface area contributed by atoms with Gasteiger partial charge in [-0.1, -0.05) is 19.9 Å². The molecule has 0 bridgehead atoms. The molecule has 0 aliphatic carbocycles. The highest BCUT2D eigenvalue weighted by molar-refractivity contribution is 5.57. The van der Waals surface area contributed by atoms with Gasteiger partial charge < -0.3 is 0 Å². The van der Waals surface area contributed by atoms with Gasteiger partial charge in [0.1, 0.15) is 0 Å². The molecule has 0 N–H and O–H groups in total. The van der Waals surface area contributed by atoms with Crippen LogP contribution < -0.4 is 0 Å². The van der Waals surface area contributed by atoms with Crippen molar-refractivity contribution in [2.45, 2.75) is 20.8 Å². The van der Waals surface area contributed by atoms with Gasteiger partial charge in [-0.15, -0.1) is 0 Å². The van der Waals surface area contributed by atoms with Crippen LogP contribution in [0.5, 0.6) is 0 Å². The summed E-state index contributed by atoms with van der Waals surface area (Å²) in [5.74, 6) is 0. The summed E-state index contributed by atoms with van der Waals surface area (Å²) >= 11 is 0. The highest BCUT2D eigenvalue weighted by Crippen LogP contribution is 2.14. The second kappa shape index (κ2) is 5.91. The Hall–Kier alpha value is -1.70. The largest absolute Gasteiger partial charge is 0.265 e. The second-order valence-corrected chi connectivity index (χ2v) is 2.96. The second-order valence-electron chi connectivity index (χ2n) is 2.96. The minimum Gasteiger partial charge on any atom is -0.265 e. The van der Waals surface area contributed by atoms with Crippen molar-refractivity contribution in [2.24, 2.45) is 0 Å². The molecule has 0 saturated carbocycles. The summed E-state index contributed by atoms with van der Waals surface area (Å²) in [7, 11) is 0. The SMILES string of the molecule is CC.Cc1ccc(-c2ccncc2)nc1. The Bertz CT molecular complexity index is 379. The van der Waals surface area contributed by atoms with Gasteiger partial charge in [0.2, 0.25) is 0 Å². The summed E-state index contributed by atoms with van der Waals surface area (Å²) < 4.78 is 0. The zero-order valence-electron chi connectivity index (χ0n) is 9.44. The summed E-state index contributed by atoms with van der Waals surface area (Å²) in [5.41, 5.74) is 3.28. The summed E-state index contributed by atoms with van der Waals surface area (Å²) in [4.78, 5) is 8.28. The van der Waals surface area contributed by atoms with Crippen molar-refractivity contribution in [3.8, 4) is 11.3 Å². The molecule has 0 fully saturated rings. The van der Waals surface area contributed by atoms with Crippen molar-refractivity contribution < 1.29 is 0 Å². The Labute approximate surface area is 91.0 Å². The average molecular weight is 200 g/mol. The Morgan fingerprint density at radius 2 is 1.60 bits per heavy atom. The van der Waals surface area contributed by atoms with Crippen LogP contribution in [0.25, 0.3) is 11.3 Å². The van der Waals surface area contributed by atoms with E-state index in [1.807, 2.05) is 45.2 Å². The van der Waals surface area contributed by atoms with E-state index in [9.17, 15) is 0 Å². The van der Waals surface area contributed by atoms with Crippen LogP contribution in [0.15, 0.2) is 42.9 Å². The number of aryl methyl sites for hydroxylation is 1. The lowest BCUT2D eigenvalue weighted by Crippen LogP contribution is -1.83. The smallest absolute Gasteiger partial charge is 0.0703 e. The average Bonchev–Trinajstić information content (AvgIpc) is 2.34. The van der Waals surface area contributed by atoms with Gasteiger partial charge in [0.25, 0.3) is 0 Å². The van der Waals surface area contributed by atoms with E-state index in [0.29, 0.717) is 0 Å². The third-order valence-electron chi connectivity index (χ3n) is 1.89. The molecule has 15 heavy (non-hydrogen) atoms. The molecule has 78 valence electrons. The molecule has 0 amide bonds. The summed E-state index contributed by atoms with van der Waals surface area (Å²) in [5, 5.41) is 0. The van der Waals surface area contributed by atoms with E-state index in [-0.39, 0.29) is 0 Å². The Morgan fingerprint density at radius 1 is 0.933 bits per heavy atom. The maximum atomic E-state index is 4.32. The topological polar surface area (TPSA) is 25.8 Å². The van der Waals surface area contributed by atoms with E-state index in [2.05, 4.69) is 16.0 Å². The van der Waals surface area contributed by atoms with Crippen LogP contribution in [-0.2, 0) is 0 Å². The fraction of sp³-hybridized carbons (Fsp3) is 0.231. The lowest BCUT2D eigenvalue weighted by atomic mass is 10.1. The van der Waals surface area contributed by atoms with Gasteiger partial charge in [0, 0.05) is 24.2 Å². The molecule has 2 nitrogen and oxygen atoms in total. The molecule has 2 rings (SSSR count). The highest BCUT2D eigenvalue weighted by atomic mass is 14.7. The molecule has 0 radical (unpaired) electrons. The number of hydrogen-bond donors (Lipinski definition) is 0. The third kappa shape index (κ3) is 3.17. The first-order chi connectivity index (χ1) is 7.36. The number of nitrogens with zero attached hydrogens (tertiary/aromatic N) is 2. The van der Waals surface area contributed by atoms with Crippen LogP contribution in [0.1, 0.15) is 19.4 Å². The first-order valence-electron chi connectivity index (χ1n) is 5.19. The maximum Gasteiger partial charge on any atom is 0.0703 e. The van der Waals surface area contributed by atoms with Crippen molar-refractivity contribution in [2.75, 3.05) is 0 Å². The molecule has 0 unspecified atom stereocenters. The predicted octanol–water partition coefficient (Wildman–Crippen LogP) is 3.48. The Balaban J connectivity index is 0.000000531. The van der Waals surface area contributed by atoms with Crippen LogP contribution in [-0.4, -0.2) is 9.97 Å². The fourth-order valence-electron chi connectivity index (χ4n) is 1.16. The van der Waals surface area contributed by atoms with Gasteiger partial charge in [0.05, 0.1) is 5.69 Å². The van der Waals surface area contributed by atoms with E-state index in [4.69, 9.17) is 0 Å². The molecule has 0 spiro atoms. The first-order valence-corrected chi connectivity index (χ1v) is 5.19. The molecule has 2 heteroatoms. The van der Waals surface area contributed by atoms with Gasteiger partial charge in [-0.05, 0) is 30.7 Å². The summed E-state index contributed by atoms with van der Waals surface area (Å²) in [6, 6.07) is 7.99. The van der Waals surface area contributed by atoms with Gasteiger partial charge in [-0.3, -0.25) is 9.97 Å². The summed E-state index contributed by atoms with van der Waals surface area (Å²) in [6.07, 6.45) is 5.42. The summed E-state index contributed by atoms with van der Waals surface area (Å²) in [6.45, 7) is 6.03. The quantitative estimate of drug-likeness (QED) is 0.704. The molecule has 0 atom stereocenters. The van der Waals surface area contributed by atoms with E-state index in [1.54, 1.807) is 12.4 Å². The van der Waals surface area contributed by atoms with Crippen molar-refractivity contribution in [3.63, 3.8) is 0 Å². The molecular weight excluding hydrogens is 184 g/mol. The fourth-order valence-corrected chi connectivity index (χ4v) is 1.16. The van der Waals surface area contributed by atoms with E-state index < -0.39 is 0 Å². The van der Waals surface area contributed by atoms with Gasteiger partial charge in [-0.25, -0.2) is 0 Å². The highest BCUT2D eigenvalue weighted by Gasteiger charge is 1.95. The van der Waals surface area contributed by atoms with E-state index in [0.717, 1.165) is 11.3 Å². The van der Waals surface area contributed by atoms with Crippen LogP contribution in [0, 0.1) is 6.92 Å². The number of aromatic nitrogens is 2. The van der Waals surface area contributed by atoms with Crippen LogP contribution in [0.3, 0.4) is 0 Å². The normalized spacial score (nSPS) is 9.00. The zero-order valence-corrected chi connectivity index (χ0v) is 9.44. The molecular formula is C13H16N2. The van der Waals surface area contributed by atoms with Gasteiger partial charge >= 0.3 is 0 Å². The molecule has 2 heterocycles. The minimum absolute atomic E-state index is 0.994. The molecule has 0 aliphatic heterocycles. The van der Waals surface area contributed by atoms with Crippen molar-refractivity contribution in [1.29, 1.82) is 0 Å². The van der Waals surface area contributed by atoms with Crippen molar-refractivity contribution in [1.82, 2.24) is 9.97 Å². The Morgan fingerprint density at radius 3 is 2.13 bits per heavy atom. The van der Waals surface area contributed by atoms with Gasteiger partial charge in [0.15, 0.2) is 0 Å². The van der Waals surface area contributed by atoms with E-state index >= 15 is 0 Å². The van der Waals surface area contributed by atoms with Crippen LogP contribution in [0.4, 0.5) is 0 Å². The molecule has 0 aliphatic rings. The number of hydrogen-bond acceptors (Lipinski definition) is 2. The number of pyridine rings is 2. The zero-order chi connectivity index (χ0) is 11.1. The Kier molecular flexibility index (Phi) is 4.48. The lowest BCUT2D eigenvalue weighted by Gasteiger charge is -1.99. The maximum absolute atomic E-state index is 4.32. The number of rotatable bonds is 1. The van der Waals surface area contributed by atoms with Crippen LogP contribution in [0.2, 0.25) is 0 Å². The molecule has 0 saturated heterocycles.